The second-order valence-electron chi connectivity index (χ2n) is 4.51. The van der Waals surface area contributed by atoms with Crippen molar-refractivity contribution in [2.24, 2.45) is 10.7 Å². The number of aliphatic imine (C=N–C) groups is 1. The van der Waals surface area contributed by atoms with Crippen LogP contribution in [0.1, 0.15) is 0 Å². The van der Waals surface area contributed by atoms with Gasteiger partial charge >= 0.3 is 0 Å². The Balaban J connectivity index is 0.00000147. The molecule has 1 unspecified atom stereocenters. The molecular formula is C14H16ClN3OS. The van der Waals surface area contributed by atoms with Gasteiger partial charge in [0.2, 0.25) is 5.91 Å². The molecular weight excluding hydrogens is 294 g/mol. The molecule has 2 aliphatic heterocycles. The maximum atomic E-state index is 12.2. The number of carbonyl (C=O) groups is 1. The zero-order valence-electron chi connectivity index (χ0n) is 10.8. The van der Waals surface area contributed by atoms with Crippen molar-refractivity contribution in [3.05, 3.63) is 47.7 Å². The fraction of sp³-hybridized carbons (Fsp3) is 0.286. The van der Waals surface area contributed by atoms with E-state index in [0.29, 0.717) is 18.8 Å². The summed E-state index contributed by atoms with van der Waals surface area (Å²) in [5.41, 5.74) is 8.31. The summed E-state index contributed by atoms with van der Waals surface area (Å²) >= 11 is 1.74. The molecule has 3 rings (SSSR count). The number of halogens is 1. The quantitative estimate of drug-likeness (QED) is 0.827. The van der Waals surface area contributed by atoms with Gasteiger partial charge in [-0.05, 0) is 17.7 Å². The van der Waals surface area contributed by atoms with E-state index < -0.39 is 0 Å². The third kappa shape index (κ3) is 2.26. The molecule has 0 saturated carbocycles. The number of hydrogen-bond acceptors (Lipinski definition) is 4. The van der Waals surface area contributed by atoms with Crippen LogP contribution in [-0.2, 0) is 4.79 Å². The summed E-state index contributed by atoms with van der Waals surface area (Å²) in [4.78, 5) is 16.6. The molecule has 0 saturated heterocycles. The van der Waals surface area contributed by atoms with Gasteiger partial charge in [0.05, 0.1) is 5.71 Å². The number of thioether (sulfide) groups is 1. The second-order valence-corrected chi connectivity index (χ2v) is 5.73. The molecule has 2 heterocycles. The predicted molar refractivity (Wildman–Crippen MR) is 86.4 cm³/mol. The highest BCUT2D eigenvalue weighted by molar-refractivity contribution is 8.02. The first-order chi connectivity index (χ1) is 9.28. The Morgan fingerprint density at radius 1 is 1.45 bits per heavy atom. The van der Waals surface area contributed by atoms with Crippen LogP contribution in [0.25, 0.3) is 0 Å². The lowest BCUT2D eigenvalue weighted by Crippen LogP contribution is -2.35. The Labute approximate surface area is 128 Å². The maximum absolute atomic E-state index is 12.2. The van der Waals surface area contributed by atoms with Gasteiger partial charge in [-0.2, -0.15) is 0 Å². The minimum Gasteiger partial charge on any atom is -0.351 e. The first-order valence-electron chi connectivity index (χ1n) is 6.24. The monoisotopic (exact) mass is 309 g/mol. The van der Waals surface area contributed by atoms with Crippen LogP contribution < -0.4 is 11.1 Å². The summed E-state index contributed by atoms with van der Waals surface area (Å²) in [6.45, 7) is 0.964. The largest absolute Gasteiger partial charge is 0.351 e. The van der Waals surface area contributed by atoms with Gasteiger partial charge in [0.15, 0.2) is 0 Å². The third-order valence-electron chi connectivity index (χ3n) is 3.40. The molecule has 0 aromatic heterocycles. The van der Waals surface area contributed by atoms with Crippen molar-refractivity contribution >= 4 is 35.8 Å². The predicted octanol–water partition coefficient (Wildman–Crippen LogP) is 1.36. The van der Waals surface area contributed by atoms with Crippen molar-refractivity contribution in [3.63, 3.8) is 0 Å². The fourth-order valence-electron chi connectivity index (χ4n) is 2.50. The topological polar surface area (TPSA) is 67.5 Å². The Morgan fingerprint density at radius 3 is 3.10 bits per heavy atom. The summed E-state index contributed by atoms with van der Waals surface area (Å²) in [5, 5.41) is 2.85. The molecule has 1 atom stereocenters. The van der Waals surface area contributed by atoms with Gasteiger partial charge in [0.1, 0.15) is 4.75 Å². The van der Waals surface area contributed by atoms with E-state index in [0.717, 1.165) is 16.9 Å². The van der Waals surface area contributed by atoms with Crippen LogP contribution in [0.5, 0.6) is 0 Å². The van der Waals surface area contributed by atoms with E-state index in [1.807, 2.05) is 24.3 Å². The summed E-state index contributed by atoms with van der Waals surface area (Å²) < 4.78 is -0.265. The highest BCUT2D eigenvalue weighted by atomic mass is 35.5. The van der Waals surface area contributed by atoms with Crippen molar-refractivity contribution in [3.8, 4) is 0 Å². The van der Waals surface area contributed by atoms with E-state index in [2.05, 4.69) is 16.4 Å². The lowest BCUT2D eigenvalue weighted by Gasteiger charge is -2.31. The Bertz CT molecular complexity index is 577. The highest BCUT2D eigenvalue weighted by Gasteiger charge is 2.45. The number of nitrogens with two attached hydrogens (primary N) is 1. The fourth-order valence-corrected chi connectivity index (χ4v) is 3.95. The molecule has 4 nitrogen and oxygen atoms in total. The smallest absolute Gasteiger partial charge is 0.248 e. The van der Waals surface area contributed by atoms with E-state index >= 15 is 0 Å². The van der Waals surface area contributed by atoms with Crippen LogP contribution in [0.2, 0.25) is 0 Å². The molecule has 20 heavy (non-hydrogen) atoms. The van der Waals surface area contributed by atoms with Crippen molar-refractivity contribution in [1.29, 1.82) is 0 Å². The molecule has 0 aromatic rings. The van der Waals surface area contributed by atoms with Crippen molar-refractivity contribution in [1.82, 2.24) is 5.32 Å². The first-order valence-corrected chi connectivity index (χ1v) is 7.23. The van der Waals surface area contributed by atoms with Gasteiger partial charge in [-0.1, -0.05) is 18.2 Å². The first kappa shape index (κ1) is 15.1. The zero-order valence-corrected chi connectivity index (χ0v) is 12.5. The van der Waals surface area contributed by atoms with Crippen molar-refractivity contribution < 1.29 is 4.79 Å². The number of hydrogen-bond donors (Lipinski definition) is 2. The molecule has 3 aliphatic rings. The molecule has 0 bridgehead atoms. The van der Waals surface area contributed by atoms with Gasteiger partial charge in [-0.3, -0.25) is 9.79 Å². The van der Waals surface area contributed by atoms with Gasteiger partial charge in [0, 0.05) is 30.6 Å². The van der Waals surface area contributed by atoms with Crippen LogP contribution in [0.3, 0.4) is 0 Å². The minimum atomic E-state index is -0.265. The number of amides is 1. The lowest BCUT2D eigenvalue weighted by atomic mass is 9.85. The third-order valence-corrected chi connectivity index (χ3v) is 4.86. The minimum absolute atomic E-state index is 0. The van der Waals surface area contributed by atoms with Crippen molar-refractivity contribution in [2.75, 3.05) is 18.8 Å². The maximum Gasteiger partial charge on any atom is 0.248 e. The highest BCUT2D eigenvalue weighted by Crippen LogP contribution is 2.48. The number of rotatable bonds is 3. The molecule has 1 amide bonds. The van der Waals surface area contributed by atoms with Gasteiger partial charge in [0.25, 0.3) is 0 Å². The van der Waals surface area contributed by atoms with E-state index in [9.17, 15) is 4.79 Å². The molecule has 0 radical (unpaired) electrons. The Morgan fingerprint density at radius 2 is 2.30 bits per heavy atom. The van der Waals surface area contributed by atoms with E-state index in [-0.39, 0.29) is 23.1 Å². The van der Waals surface area contributed by atoms with Gasteiger partial charge < -0.3 is 11.1 Å². The molecule has 1 aliphatic carbocycles. The van der Waals surface area contributed by atoms with Gasteiger partial charge in [-0.15, -0.1) is 24.2 Å². The summed E-state index contributed by atoms with van der Waals surface area (Å²) in [6.07, 6.45) is 11.9. The molecule has 6 heteroatoms. The van der Waals surface area contributed by atoms with Crippen molar-refractivity contribution in [2.45, 2.75) is 4.75 Å². The van der Waals surface area contributed by atoms with Crippen LogP contribution in [-0.4, -0.2) is 35.2 Å². The summed E-state index contributed by atoms with van der Waals surface area (Å²) in [7, 11) is 0. The molecule has 0 fully saturated rings. The molecule has 1 spiro atoms. The number of nitrogens with one attached hydrogen (secondary N) is 1. The number of allylic oxidation sites excluding steroid dienone is 4. The van der Waals surface area contributed by atoms with Crippen LogP contribution in [0.4, 0.5) is 0 Å². The number of nitrogens with zero attached hydrogens (tertiary/aromatic N) is 1. The summed E-state index contributed by atoms with van der Waals surface area (Å²) in [5.74, 6) is 0.687. The van der Waals surface area contributed by atoms with E-state index in [1.165, 1.54) is 0 Å². The average molecular weight is 310 g/mol. The molecule has 106 valence electrons. The Kier molecular flexibility index (Phi) is 4.52. The summed E-state index contributed by atoms with van der Waals surface area (Å²) in [6, 6.07) is 0. The average Bonchev–Trinajstić information content (AvgIpc) is 2.82. The second kappa shape index (κ2) is 5.99. The van der Waals surface area contributed by atoms with Crippen LogP contribution >= 0.6 is 24.2 Å². The zero-order chi connectivity index (χ0) is 13.3. The lowest BCUT2D eigenvalue weighted by molar-refractivity contribution is -0.117. The van der Waals surface area contributed by atoms with Crippen LogP contribution in [0.15, 0.2) is 52.7 Å². The standard InChI is InChI=1S/C14H15N3OS.ClH/c15-6-8-17-13(18)10-9-19-14-5-2-1-3-12(14)16-7-4-11(10)14;/h1-5,7H,6,8-9,15H2,(H,17,18);1H. The van der Waals surface area contributed by atoms with E-state index in [1.54, 1.807) is 18.0 Å². The molecule has 3 N–H and O–H groups in total. The SMILES string of the molecule is Cl.NCCNC(=O)C1=C2C=CN=C3C=CC=CC32SC1. The van der Waals surface area contributed by atoms with Gasteiger partial charge in [-0.25, -0.2) is 0 Å². The number of carbonyl (C=O) groups excluding carboxylic acids is 1. The van der Waals surface area contributed by atoms with E-state index in [4.69, 9.17) is 5.73 Å². The van der Waals surface area contributed by atoms with Crippen LogP contribution in [0, 0.1) is 0 Å². The molecule has 0 aromatic carbocycles. The normalized spacial score (nSPS) is 25.8. The Hall–Kier alpha value is -1.30.